The summed E-state index contributed by atoms with van der Waals surface area (Å²) >= 11 is 0. The Labute approximate surface area is 70.2 Å². The minimum Gasteiger partial charge on any atom is -0.301 e. The van der Waals surface area contributed by atoms with Crippen molar-refractivity contribution < 1.29 is 4.79 Å². The van der Waals surface area contributed by atoms with Crippen molar-refractivity contribution in [2.24, 2.45) is 11.3 Å². The molecule has 0 bridgehead atoms. The van der Waals surface area contributed by atoms with Gasteiger partial charge in [0.25, 0.3) is 0 Å². The summed E-state index contributed by atoms with van der Waals surface area (Å²) < 4.78 is 0. The van der Waals surface area contributed by atoms with Crippen LogP contribution in [0.15, 0.2) is 24.3 Å². The van der Waals surface area contributed by atoms with Gasteiger partial charge in [0.05, 0.1) is 18.1 Å². The third-order valence-electron chi connectivity index (χ3n) is 1.83. The SMILES string of the molecule is N#CC1C=CC=CC1(C#N)C=O. The van der Waals surface area contributed by atoms with Crippen LogP contribution in [-0.2, 0) is 4.79 Å². The first-order chi connectivity index (χ1) is 5.79. The highest BCUT2D eigenvalue weighted by atomic mass is 16.1. The lowest BCUT2D eigenvalue weighted by Crippen LogP contribution is -2.27. The van der Waals surface area contributed by atoms with Crippen molar-refractivity contribution in [3.8, 4) is 12.1 Å². The molecular formula is C9H6N2O. The van der Waals surface area contributed by atoms with Gasteiger partial charge in [0, 0.05) is 0 Å². The molecule has 0 spiro atoms. The second-order valence-corrected chi connectivity index (χ2v) is 2.51. The largest absolute Gasteiger partial charge is 0.301 e. The van der Waals surface area contributed by atoms with E-state index in [9.17, 15) is 4.79 Å². The third-order valence-corrected chi connectivity index (χ3v) is 1.83. The van der Waals surface area contributed by atoms with E-state index in [2.05, 4.69) is 0 Å². The Morgan fingerprint density at radius 1 is 1.42 bits per heavy atom. The first-order valence-electron chi connectivity index (χ1n) is 3.42. The van der Waals surface area contributed by atoms with Crippen LogP contribution in [0.25, 0.3) is 0 Å². The lowest BCUT2D eigenvalue weighted by Gasteiger charge is -2.20. The molecule has 0 saturated heterocycles. The van der Waals surface area contributed by atoms with Crippen molar-refractivity contribution in [3.63, 3.8) is 0 Å². The molecule has 2 atom stereocenters. The molecule has 0 amide bonds. The van der Waals surface area contributed by atoms with Gasteiger partial charge in [0.2, 0.25) is 0 Å². The van der Waals surface area contributed by atoms with Gasteiger partial charge < -0.3 is 4.79 Å². The number of hydrogen-bond donors (Lipinski definition) is 0. The van der Waals surface area contributed by atoms with Crippen LogP contribution in [0.5, 0.6) is 0 Å². The standard InChI is InChI=1S/C9H6N2O/c10-5-8-3-1-2-4-9(8,6-11)7-12/h1-4,7-8H. The molecule has 0 aromatic rings. The summed E-state index contributed by atoms with van der Waals surface area (Å²) in [5, 5.41) is 17.4. The molecule has 3 heteroatoms. The van der Waals surface area contributed by atoms with Crippen molar-refractivity contribution >= 4 is 6.29 Å². The maximum absolute atomic E-state index is 10.6. The zero-order chi connectivity index (χ0) is 9.03. The molecule has 0 aromatic heterocycles. The molecule has 3 nitrogen and oxygen atoms in total. The minimum atomic E-state index is -1.27. The first kappa shape index (κ1) is 8.23. The maximum atomic E-state index is 10.6. The van der Waals surface area contributed by atoms with E-state index < -0.39 is 11.3 Å². The average Bonchev–Trinajstić information content (AvgIpc) is 2.17. The molecule has 0 heterocycles. The number of hydrogen-bond acceptors (Lipinski definition) is 3. The molecular weight excluding hydrogens is 152 g/mol. The Bertz CT molecular complexity index is 329. The number of carbonyl (C=O) groups excluding carboxylic acids is 1. The molecule has 1 rings (SSSR count). The van der Waals surface area contributed by atoms with Crippen LogP contribution < -0.4 is 0 Å². The summed E-state index contributed by atoms with van der Waals surface area (Å²) in [7, 11) is 0. The van der Waals surface area contributed by atoms with Crippen molar-refractivity contribution in [2.75, 3.05) is 0 Å². The van der Waals surface area contributed by atoms with Gasteiger partial charge in [-0.1, -0.05) is 24.3 Å². The second-order valence-electron chi connectivity index (χ2n) is 2.51. The van der Waals surface area contributed by atoms with E-state index in [-0.39, 0.29) is 0 Å². The molecule has 0 aromatic carbocycles. The number of carbonyl (C=O) groups is 1. The lowest BCUT2D eigenvalue weighted by atomic mass is 9.76. The summed E-state index contributed by atoms with van der Waals surface area (Å²) in [5.41, 5.74) is -1.27. The van der Waals surface area contributed by atoms with Crippen LogP contribution in [0.1, 0.15) is 0 Å². The van der Waals surface area contributed by atoms with Crippen molar-refractivity contribution in [2.45, 2.75) is 0 Å². The molecule has 58 valence electrons. The lowest BCUT2D eigenvalue weighted by molar-refractivity contribution is -0.112. The highest BCUT2D eigenvalue weighted by Crippen LogP contribution is 2.30. The minimum absolute atomic E-state index is 0.515. The fourth-order valence-corrected chi connectivity index (χ4v) is 1.05. The van der Waals surface area contributed by atoms with Crippen LogP contribution in [0.4, 0.5) is 0 Å². The normalized spacial score (nSPS) is 32.0. The number of allylic oxidation sites excluding steroid dienone is 4. The van der Waals surface area contributed by atoms with Crippen LogP contribution in [-0.4, -0.2) is 6.29 Å². The van der Waals surface area contributed by atoms with E-state index in [1.54, 1.807) is 18.2 Å². The van der Waals surface area contributed by atoms with E-state index >= 15 is 0 Å². The van der Waals surface area contributed by atoms with E-state index in [0.717, 1.165) is 0 Å². The number of rotatable bonds is 1. The molecule has 0 N–H and O–H groups in total. The van der Waals surface area contributed by atoms with Gasteiger partial charge in [-0.3, -0.25) is 0 Å². The van der Waals surface area contributed by atoms with Gasteiger partial charge in [-0.05, 0) is 0 Å². The fourth-order valence-electron chi connectivity index (χ4n) is 1.05. The van der Waals surface area contributed by atoms with E-state index in [0.29, 0.717) is 6.29 Å². The van der Waals surface area contributed by atoms with E-state index in [1.165, 1.54) is 6.08 Å². The van der Waals surface area contributed by atoms with E-state index in [4.69, 9.17) is 10.5 Å². The topological polar surface area (TPSA) is 64.7 Å². The highest BCUT2D eigenvalue weighted by Gasteiger charge is 2.36. The maximum Gasteiger partial charge on any atom is 0.150 e. The van der Waals surface area contributed by atoms with E-state index in [1.807, 2.05) is 12.1 Å². The van der Waals surface area contributed by atoms with Gasteiger partial charge >= 0.3 is 0 Å². The van der Waals surface area contributed by atoms with Crippen LogP contribution in [0.3, 0.4) is 0 Å². The number of nitrogens with zero attached hydrogens (tertiary/aromatic N) is 2. The first-order valence-corrected chi connectivity index (χ1v) is 3.42. The number of aldehydes is 1. The summed E-state index contributed by atoms with van der Waals surface area (Å²) in [5.74, 6) is -0.662. The van der Waals surface area contributed by atoms with Crippen LogP contribution in [0.2, 0.25) is 0 Å². The highest BCUT2D eigenvalue weighted by molar-refractivity contribution is 5.70. The van der Waals surface area contributed by atoms with Crippen LogP contribution >= 0.6 is 0 Å². The second kappa shape index (κ2) is 3.02. The molecule has 2 unspecified atom stereocenters. The molecule has 1 aliphatic rings. The number of nitriles is 2. The average molecular weight is 158 g/mol. The molecule has 1 aliphatic carbocycles. The Kier molecular flexibility index (Phi) is 2.07. The molecule has 0 aliphatic heterocycles. The Hall–Kier alpha value is -1.87. The third kappa shape index (κ3) is 1.02. The van der Waals surface area contributed by atoms with Gasteiger partial charge in [0.1, 0.15) is 11.7 Å². The smallest absolute Gasteiger partial charge is 0.150 e. The summed E-state index contributed by atoms with van der Waals surface area (Å²) in [6.07, 6.45) is 6.78. The van der Waals surface area contributed by atoms with Crippen molar-refractivity contribution in [3.05, 3.63) is 24.3 Å². The summed E-state index contributed by atoms with van der Waals surface area (Å²) in [4.78, 5) is 10.6. The van der Waals surface area contributed by atoms with Gasteiger partial charge in [0.15, 0.2) is 0 Å². The monoisotopic (exact) mass is 158 g/mol. The predicted molar refractivity (Wildman–Crippen MR) is 41.5 cm³/mol. The van der Waals surface area contributed by atoms with Gasteiger partial charge in [-0.15, -0.1) is 0 Å². The Morgan fingerprint density at radius 2 is 2.17 bits per heavy atom. The molecule has 12 heavy (non-hydrogen) atoms. The molecule has 0 saturated carbocycles. The molecule has 0 fully saturated rings. The van der Waals surface area contributed by atoms with Gasteiger partial charge in [-0.2, -0.15) is 10.5 Å². The van der Waals surface area contributed by atoms with Crippen LogP contribution in [0, 0.1) is 34.0 Å². The Morgan fingerprint density at radius 3 is 2.58 bits per heavy atom. The fraction of sp³-hybridized carbons (Fsp3) is 0.222. The quantitative estimate of drug-likeness (QED) is 0.534. The summed E-state index contributed by atoms with van der Waals surface area (Å²) in [6.45, 7) is 0. The van der Waals surface area contributed by atoms with Crippen molar-refractivity contribution in [1.29, 1.82) is 10.5 Å². The predicted octanol–water partition coefficient (Wildman–Crippen LogP) is 0.961. The zero-order valence-electron chi connectivity index (χ0n) is 6.27. The Balaban J connectivity index is 3.13. The summed E-state index contributed by atoms with van der Waals surface area (Å²) in [6, 6.07) is 3.74. The van der Waals surface area contributed by atoms with Gasteiger partial charge in [-0.25, -0.2) is 0 Å². The zero-order valence-corrected chi connectivity index (χ0v) is 6.27. The molecule has 0 radical (unpaired) electrons. The van der Waals surface area contributed by atoms with Crippen molar-refractivity contribution in [1.82, 2.24) is 0 Å².